The maximum atomic E-state index is 13.2. The van der Waals surface area contributed by atoms with Crippen LogP contribution in [0.5, 0.6) is 0 Å². The van der Waals surface area contributed by atoms with Gasteiger partial charge in [-0.05, 0) is 43.3 Å². The zero-order chi connectivity index (χ0) is 20.0. The van der Waals surface area contributed by atoms with E-state index in [0.29, 0.717) is 11.4 Å². The van der Waals surface area contributed by atoms with E-state index < -0.39 is 15.9 Å². The highest BCUT2D eigenvalue weighted by Gasteiger charge is 2.27. The molecule has 0 saturated heterocycles. The van der Waals surface area contributed by atoms with Crippen molar-refractivity contribution in [3.63, 3.8) is 0 Å². The summed E-state index contributed by atoms with van der Waals surface area (Å²) >= 11 is 0. The molecule has 2 aromatic carbocycles. The van der Waals surface area contributed by atoms with E-state index in [1.807, 2.05) is 13.0 Å². The lowest BCUT2D eigenvalue weighted by molar-refractivity contribution is -0.119. The Bertz CT molecular complexity index is 1020. The standard InChI is InChI=1S/C21H21N3O3S/c1-17-10-12-20(13-11-17)28(26,27)24(19-8-3-2-4-9-19)16-21(25)23-15-18-7-5-6-14-22-18/h2-14H,15-16H2,1H3,(H,23,25). The molecule has 0 bridgehead atoms. The van der Waals surface area contributed by atoms with Crippen LogP contribution in [0.2, 0.25) is 0 Å². The Morgan fingerprint density at radius 1 is 0.964 bits per heavy atom. The molecule has 3 aromatic rings. The fraction of sp³-hybridized carbons (Fsp3) is 0.143. The second-order valence-corrected chi connectivity index (χ2v) is 8.12. The third-order valence-electron chi connectivity index (χ3n) is 4.13. The van der Waals surface area contributed by atoms with Crippen LogP contribution in [-0.2, 0) is 21.4 Å². The molecule has 0 aliphatic heterocycles. The molecule has 6 nitrogen and oxygen atoms in total. The first kappa shape index (κ1) is 19.6. The normalized spacial score (nSPS) is 11.0. The topological polar surface area (TPSA) is 79.4 Å². The van der Waals surface area contributed by atoms with E-state index in [-0.39, 0.29) is 18.0 Å². The van der Waals surface area contributed by atoms with Gasteiger partial charge in [-0.15, -0.1) is 0 Å². The van der Waals surface area contributed by atoms with Gasteiger partial charge in [-0.1, -0.05) is 42.0 Å². The van der Waals surface area contributed by atoms with Crippen molar-refractivity contribution in [2.45, 2.75) is 18.4 Å². The van der Waals surface area contributed by atoms with Crippen LogP contribution in [0.25, 0.3) is 0 Å². The molecule has 0 atom stereocenters. The molecule has 0 unspecified atom stereocenters. The molecule has 0 radical (unpaired) electrons. The monoisotopic (exact) mass is 395 g/mol. The Balaban J connectivity index is 1.83. The summed E-state index contributed by atoms with van der Waals surface area (Å²) < 4.78 is 27.5. The van der Waals surface area contributed by atoms with Gasteiger partial charge < -0.3 is 5.32 Å². The van der Waals surface area contributed by atoms with Crippen molar-refractivity contribution < 1.29 is 13.2 Å². The van der Waals surface area contributed by atoms with Crippen LogP contribution < -0.4 is 9.62 Å². The van der Waals surface area contributed by atoms with Crippen molar-refractivity contribution in [1.82, 2.24) is 10.3 Å². The number of sulfonamides is 1. The zero-order valence-corrected chi connectivity index (χ0v) is 16.3. The molecular formula is C21H21N3O3S. The quantitative estimate of drug-likeness (QED) is 0.667. The highest BCUT2D eigenvalue weighted by atomic mass is 32.2. The number of nitrogens with one attached hydrogen (secondary N) is 1. The number of carbonyl (C=O) groups is 1. The lowest BCUT2D eigenvalue weighted by Crippen LogP contribution is -2.40. The Hall–Kier alpha value is -3.19. The summed E-state index contributed by atoms with van der Waals surface area (Å²) in [5.41, 5.74) is 2.08. The van der Waals surface area contributed by atoms with Crippen molar-refractivity contribution in [2.75, 3.05) is 10.8 Å². The Morgan fingerprint density at radius 2 is 1.64 bits per heavy atom. The average Bonchev–Trinajstić information content (AvgIpc) is 2.72. The molecule has 1 aromatic heterocycles. The molecule has 0 aliphatic carbocycles. The summed E-state index contributed by atoms with van der Waals surface area (Å²) in [5.74, 6) is -0.412. The number of aromatic nitrogens is 1. The van der Waals surface area contributed by atoms with Gasteiger partial charge in [0.05, 0.1) is 22.8 Å². The molecular weight excluding hydrogens is 374 g/mol. The Labute approximate surface area is 164 Å². The fourth-order valence-corrected chi connectivity index (χ4v) is 4.05. The van der Waals surface area contributed by atoms with Gasteiger partial charge in [0.1, 0.15) is 6.54 Å². The summed E-state index contributed by atoms with van der Waals surface area (Å²) in [6.45, 7) is 1.79. The van der Waals surface area contributed by atoms with E-state index >= 15 is 0 Å². The minimum Gasteiger partial charge on any atom is -0.349 e. The molecule has 7 heteroatoms. The van der Waals surface area contributed by atoms with Gasteiger partial charge in [0.15, 0.2) is 0 Å². The largest absolute Gasteiger partial charge is 0.349 e. The number of hydrogen-bond acceptors (Lipinski definition) is 4. The van der Waals surface area contributed by atoms with Crippen molar-refractivity contribution in [1.29, 1.82) is 0 Å². The molecule has 0 aliphatic rings. The molecule has 28 heavy (non-hydrogen) atoms. The van der Waals surface area contributed by atoms with Crippen molar-refractivity contribution in [2.24, 2.45) is 0 Å². The van der Waals surface area contributed by atoms with Crippen LogP contribution in [0.3, 0.4) is 0 Å². The fourth-order valence-electron chi connectivity index (χ4n) is 2.62. The van der Waals surface area contributed by atoms with Gasteiger partial charge in [0, 0.05) is 6.20 Å². The van der Waals surface area contributed by atoms with E-state index in [4.69, 9.17) is 0 Å². The summed E-state index contributed by atoms with van der Waals surface area (Å²) in [6, 6.07) is 20.6. The highest BCUT2D eigenvalue weighted by Crippen LogP contribution is 2.23. The number of aryl methyl sites for hydroxylation is 1. The number of hydrogen-bond donors (Lipinski definition) is 1. The number of carbonyl (C=O) groups excluding carboxylic acids is 1. The predicted molar refractivity (Wildman–Crippen MR) is 108 cm³/mol. The minimum atomic E-state index is -3.89. The molecule has 0 saturated carbocycles. The first-order chi connectivity index (χ1) is 13.5. The molecule has 0 fully saturated rings. The average molecular weight is 395 g/mol. The lowest BCUT2D eigenvalue weighted by atomic mass is 10.2. The molecule has 1 heterocycles. The number of para-hydroxylation sites is 1. The van der Waals surface area contributed by atoms with Crippen LogP contribution in [0.4, 0.5) is 5.69 Å². The van der Waals surface area contributed by atoms with Crippen LogP contribution in [0, 0.1) is 6.92 Å². The zero-order valence-electron chi connectivity index (χ0n) is 15.4. The van der Waals surface area contributed by atoms with E-state index in [1.165, 1.54) is 0 Å². The van der Waals surface area contributed by atoms with E-state index in [1.54, 1.807) is 72.9 Å². The van der Waals surface area contributed by atoms with Gasteiger partial charge in [-0.25, -0.2) is 8.42 Å². The highest BCUT2D eigenvalue weighted by molar-refractivity contribution is 7.92. The third-order valence-corrected chi connectivity index (χ3v) is 5.92. The van der Waals surface area contributed by atoms with Gasteiger partial charge in [0.2, 0.25) is 5.91 Å². The Morgan fingerprint density at radius 3 is 2.29 bits per heavy atom. The maximum absolute atomic E-state index is 13.2. The second kappa shape index (κ2) is 8.67. The summed E-state index contributed by atoms with van der Waals surface area (Å²) in [5, 5.41) is 2.72. The van der Waals surface area contributed by atoms with Crippen LogP contribution in [0.1, 0.15) is 11.3 Å². The van der Waals surface area contributed by atoms with E-state index in [2.05, 4.69) is 10.3 Å². The Kier molecular flexibility index (Phi) is 6.06. The van der Waals surface area contributed by atoms with Crippen LogP contribution in [0.15, 0.2) is 83.9 Å². The van der Waals surface area contributed by atoms with Gasteiger partial charge in [-0.3, -0.25) is 14.1 Å². The number of benzene rings is 2. The predicted octanol–water partition coefficient (Wildman–Crippen LogP) is 2.90. The minimum absolute atomic E-state index is 0.138. The third kappa shape index (κ3) is 4.75. The molecule has 144 valence electrons. The number of rotatable bonds is 7. The second-order valence-electron chi connectivity index (χ2n) is 6.26. The van der Waals surface area contributed by atoms with Crippen molar-refractivity contribution in [3.05, 3.63) is 90.3 Å². The van der Waals surface area contributed by atoms with Gasteiger partial charge in [-0.2, -0.15) is 0 Å². The van der Waals surface area contributed by atoms with E-state index in [0.717, 1.165) is 9.87 Å². The maximum Gasteiger partial charge on any atom is 0.264 e. The number of pyridine rings is 1. The number of amides is 1. The van der Waals surface area contributed by atoms with Crippen LogP contribution >= 0.6 is 0 Å². The molecule has 1 amide bonds. The van der Waals surface area contributed by atoms with Crippen LogP contribution in [-0.4, -0.2) is 25.9 Å². The van der Waals surface area contributed by atoms with Gasteiger partial charge in [0.25, 0.3) is 10.0 Å². The summed E-state index contributed by atoms with van der Waals surface area (Å²) in [4.78, 5) is 16.8. The van der Waals surface area contributed by atoms with Crippen molar-refractivity contribution in [3.8, 4) is 0 Å². The number of anilines is 1. The smallest absolute Gasteiger partial charge is 0.264 e. The summed E-state index contributed by atoms with van der Waals surface area (Å²) in [7, 11) is -3.89. The SMILES string of the molecule is Cc1ccc(S(=O)(=O)N(CC(=O)NCc2ccccn2)c2ccccc2)cc1. The first-order valence-corrected chi connectivity index (χ1v) is 10.2. The summed E-state index contributed by atoms with van der Waals surface area (Å²) in [6.07, 6.45) is 1.64. The van der Waals surface area contributed by atoms with Gasteiger partial charge >= 0.3 is 0 Å². The first-order valence-electron chi connectivity index (χ1n) is 8.78. The van der Waals surface area contributed by atoms with E-state index in [9.17, 15) is 13.2 Å². The van der Waals surface area contributed by atoms with Crippen molar-refractivity contribution >= 4 is 21.6 Å². The molecule has 0 spiro atoms. The molecule has 3 rings (SSSR count). The molecule has 1 N–H and O–H groups in total. The number of nitrogens with zero attached hydrogens (tertiary/aromatic N) is 2. The lowest BCUT2D eigenvalue weighted by Gasteiger charge is -2.24.